The number of benzene rings is 1. The quantitative estimate of drug-likeness (QED) is 0.662. The molecule has 134 valence electrons. The van der Waals surface area contributed by atoms with E-state index in [1.807, 2.05) is 6.07 Å². The zero-order valence-electron chi connectivity index (χ0n) is 13.7. The van der Waals surface area contributed by atoms with E-state index in [4.69, 9.17) is 15.2 Å². The third-order valence-electron chi connectivity index (χ3n) is 4.29. The van der Waals surface area contributed by atoms with Crippen LogP contribution in [0.4, 0.5) is 5.82 Å². The molecule has 0 amide bonds. The van der Waals surface area contributed by atoms with Crippen molar-refractivity contribution < 1.29 is 19.4 Å². The summed E-state index contributed by atoms with van der Waals surface area (Å²) in [4.78, 5) is 24.3. The Balaban J connectivity index is 1.44. The van der Waals surface area contributed by atoms with E-state index in [9.17, 15) is 9.90 Å². The van der Waals surface area contributed by atoms with Crippen molar-refractivity contribution in [1.82, 2.24) is 19.5 Å². The number of fused-ring (bicyclic) bond motifs is 1. The van der Waals surface area contributed by atoms with Gasteiger partial charge in [0.05, 0.1) is 18.0 Å². The van der Waals surface area contributed by atoms with Crippen LogP contribution in [0.1, 0.15) is 23.0 Å². The smallest absolute Gasteiger partial charge is 0.338 e. The number of nitrogens with two attached hydrogens (primary N) is 1. The van der Waals surface area contributed by atoms with Crippen LogP contribution in [0.5, 0.6) is 0 Å². The number of carbonyl (C=O) groups is 1. The number of aliphatic hydroxyl groups excluding tert-OH is 1. The van der Waals surface area contributed by atoms with Crippen LogP contribution < -0.4 is 5.73 Å². The molecule has 4 rings (SSSR count). The van der Waals surface area contributed by atoms with Gasteiger partial charge in [-0.2, -0.15) is 0 Å². The Bertz CT molecular complexity index is 929. The van der Waals surface area contributed by atoms with Gasteiger partial charge in [0.2, 0.25) is 0 Å². The summed E-state index contributed by atoms with van der Waals surface area (Å²) in [6.45, 7) is -0.0465. The maximum absolute atomic E-state index is 12.0. The summed E-state index contributed by atoms with van der Waals surface area (Å²) in [6, 6.07) is 8.66. The van der Waals surface area contributed by atoms with E-state index < -0.39 is 24.4 Å². The lowest BCUT2D eigenvalue weighted by Gasteiger charge is -2.16. The Kier molecular flexibility index (Phi) is 4.23. The Morgan fingerprint density at radius 2 is 2.12 bits per heavy atom. The van der Waals surface area contributed by atoms with Gasteiger partial charge in [0.15, 0.2) is 11.5 Å². The number of esters is 1. The van der Waals surface area contributed by atoms with Crippen LogP contribution >= 0.6 is 0 Å². The lowest BCUT2D eigenvalue weighted by atomic mass is 10.2. The van der Waals surface area contributed by atoms with E-state index in [1.54, 1.807) is 35.2 Å². The summed E-state index contributed by atoms with van der Waals surface area (Å²) in [5, 5.41) is 10.3. The van der Waals surface area contributed by atoms with E-state index >= 15 is 0 Å². The molecule has 9 heteroatoms. The highest BCUT2D eigenvalue weighted by atomic mass is 16.6. The van der Waals surface area contributed by atoms with Crippen LogP contribution in [-0.2, 0) is 9.47 Å². The fourth-order valence-electron chi connectivity index (χ4n) is 2.93. The zero-order chi connectivity index (χ0) is 18.1. The molecule has 0 spiro atoms. The Morgan fingerprint density at radius 3 is 2.92 bits per heavy atom. The minimum atomic E-state index is -0.778. The molecule has 1 aliphatic heterocycles. The highest BCUT2D eigenvalue weighted by Gasteiger charge is 2.36. The molecule has 0 radical (unpaired) electrons. The molecule has 1 aliphatic rings. The van der Waals surface area contributed by atoms with Crippen LogP contribution in [0.2, 0.25) is 0 Å². The number of hydrogen-bond donors (Lipinski definition) is 2. The maximum Gasteiger partial charge on any atom is 0.338 e. The predicted molar refractivity (Wildman–Crippen MR) is 91.0 cm³/mol. The zero-order valence-corrected chi connectivity index (χ0v) is 13.7. The molecule has 3 atom stereocenters. The van der Waals surface area contributed by atoms with Crippen molar-refractivity contribution in [3.8, 4) is 0 Å². The minimum absolute atomic E-state index is 0.0465. The first-order valence-electron chi connectivity index (χ1n) is 8.12. The molecule has 3 heterocycles. The normalized spacial score (nSPS) is 22.6. The van der Waals surface area contributed by atoms with Crippen LogP contribution in [0.3, 0.4) is 0 Å². The molecule has 0 saturated carbocycles. The predicted octanol–water partition coefficient (Wildman–Crippen LogP) is 0.914. The molecule has 1 aromatic carbocycles. The monoisotopic (exact) mass is 355 g/mol. The third-order valence-corrected chi connectivity index (χ3v) is 4.29. The van der Waals surface area contributed by atoms with Crippen molar-refractivity contribution in [3.63, 3.8) is 0 Å². The molecular formula is C17H17N5O4. The van der Waals surface area contributed by atoms with Gasteiger partial charge in [-0.1, -0.05) is 18.2 Å². The van der Waals surface area contributed by atoms with Gasteiger partial charge in [-0.25, -0.2) is 19.7 Å². The van der Waals surface area contributed by atoms with Crippen LogP contribution in [0, 0.1) is 0 Å². The molecular weight excluding hydrogens is 338 g/mol. The number of imidazole rings is 1. The molecule has 3 N–H and O–H groups in total. The number of rotatable bonds is 4. The van der Waals surface area contributed by atoms with Gasteiger partial charge in [-0.3, -0.25) is 4.57 Å². The molecule has 0 bridgehead atoms. The van der Waals surface area contributed by atoms with Gasteiger partial charge < -0.3 is 20.3 Å². The molecule has 26 heavy (non-hydrogen) atoms. The first-order chi connectivity index (χ1) is 12.6. The maximum atomic E-state index is 12.0. The van der Waals surface area contributed by atoms with Gasteiger partial charge >= 0.3 is 5.97 Å². The van der Waals surface area contributed by atoms with Gasteiger partial charge in [0.25, 0.3) is 0 Å². The van der Waals surface area contributed by atoms with E-state index in [0.29, 0.717) is 23.1 Å². The number of hydrogen-bond acceptors (Lipinski definition) is 8. The summed E-state index contributed by atoms with van der Waals surface area (Å²) < 4.78 is 12.8. The summed E-state index contributed by atoms with van der Waals surface area (Å²) >= 11 is 0. The van der Waals surface area contributed by atoms with E-state index in [-0.39, 0.29) is 12.4 Å². The second-order valence-electron chi connectivity index (χ2n) is 5.98. The second-order valence-corrected chi connectivity index (χ2v) is 5.98. The summed E-state index contributed by atoms with van der Waals surface area (Å²) in [5.41, 5.74) is 7.23. The largest absolute Gasteiger partial charge is 0.459 e. The third kappa shape index (κ3) is 2.98. The first kappa shape index (κ1) is 16.4. The van der Waals surface area contributed by atoms with Gasteiger partial charge in [0.1, 0.15) is 30.8 Å². The highest BCUT2D eigenvalue weighted by molar-refractivity contribution is 5.89. The Morgan fingerprint density at radius 1 is 1.31 bits per heavy atom. The van der Waals surface area contributed by atoms with E-state index in [1.165, 1.54) is 6.33 Å². The molecule has 9 nitrogen and oxygen atoms in total. The van der Waals surface area contributed by atoms with Crippen molar-refractivity contribution in [1.29, 1.82) is 0 Å². The first-order valence-corrected chi connectivity index (χ1v) is 8.12. The van der Waals surface area contributed by atoms with Gasteiger partial charge in [-0.15, -0.1) is 0 Å². The topological polar surface area (TPSA) is 125 Å². The molecule has 1 saturated heterocycles. The lowest BCUT2D eigenvalue weighted by molar-refractivity contribution is -0.0509. The molecule has 2 aromatic heterocycles. The summed E-state index contributed by atoms with van der Waals surface area (Å²) in [7, 11) is 0. The van der Waals surface area contributed by atoms with Crippen molar-refractivity contribution >= 4 is 23.0 Å². The average molecular weight is 355 g/mol. The standard InChI is InChI=1S/C17H17N5O4/c18-15-14-16(20-8-19-15)22(9-21-14)13-6-11(23)12(26-13)7-25-17(24)10-4-2-1-3-5-10/h1-5,8-9,11-13,23H,6-7H2,(H2,18,19,20)/t11-,12+,13+/m0/s1. The Hall–Kier alpha value is -3.04. The minimum Gasteiger partial charge on any atom is -0.459 e. The van der Waals surface area contributed by atoms with Crippen molar-refractivity contribution in [2.75, 3.05) is 12.3 Å². The highest BCUT2D eigenvalue weighted by Crippen LogP contribution is 2.31. The van der Waals surface area contributed by atoms with Crippen molar-refractivity contribution in [3.05, 3.63) is 48.5 Å². The second kappa shape index (κ2) is 6.70. The van der Waals surface area contributed by atoms with Gasteiger partial charge in [-0.05, 0) is 12.1 Å². The number of nitrogen functional groups attached to an aromatic ring is 1. The van der Waals surface area contributed by atoms with Crippen LogP contribution in [0.25, 0.3) is 11.2 Å². The number of carbonyl (C=O) groups excluding carboxylic acids is 1. The van der Waals surface area contributed by atoms with E-state index in [2.05, 4.69) is 15.0 Å². The number of ether oxygens (including phenoxy) is 2. The number of aliphatic hydroxyl groups is 1. The van der Waals surface area contributed by atoms with E-state index in [0.717, 1.165) is 0 Å². The fraction of sp³-hybridized carbons (Fsp3) is 0.294. The fourth-order valence-corrected chi connectivity index (χ4v) is 2.93. The molecule has 1 fully saturated rings. The van der Waals surface area contributed by atoms with Crippen LogP contribution in [0.15, 0.2) is 43.0 Å². The number of aromatic nitrogens is 4. The van der Waals surface area contributed by atoms with Crippen molar-refractivity contribution in [2.45, 2.75) is 24.9 Å². The molecule has 3 aromatic rings. The lowest BCUT2D eigenvalue weighted by Crippen LogP contribution is -2.28. The van der Waals surface area contributed by atoms with Crippen LogP contribution in [-0.4, -0.2) is 49.4 Å². The average Bonchev–Trinajstić information content (AvgIpc) is 3.25. The molecule has 0 aliphatic carbocycles. The number of anilines is 1. The SMILES string of the molecule is Nc1ncnc2c1ncn2[C@H]1C[C@H](O)[C@@H](COC(=O)c2ccccc2)O1. The summed E-state index contributed by atoms with van der Waals surface area (Å²) in [5.74, 6) is -0.181. The van der Waals surface area contributed by atoms with Crippen molar-refractivity contribution in [2.24, 2.45) is 0 Å². The molecule has 0 unspecified atom stereocenters. The number of nitrogens with zero attached hydrogens (tertiary/aromatic N) is 4. The van der Waals surface area contributed by atoms with Gasteiger partial charge in [0, 0.05) is 6.42 Å². The Labute approximate surface area is 148 Å². The summed E-state index contributed by atoms with van der Waals surface area (Å²) in [6.07, 6.45) is 1.32.